The number of aryl methyl sites for hydroxylation is 1. The highest BCUT2D eigenvalue weighted by Gasteiger charge is 2.57. The van der Waals surface area contributed by atoms with Crippen LogP contribution in [0.15, 0.2) is 36.4 Å². The minimum absolute atomic E-state index is 0.183. The Labute approximate surface area is 190 Å². The van der Waals surface area contributed by atoms with Gasteiger partial charge in [0.05, 0.1) is 0 Å². The molecule has 0 aliphatic heterocycles. The van der Waals surface area contributed by atoms with Crippen molar-refractivity contribution in [1.82, 2.24) is 0 Å². The van der Waals surface area contributed by atoms with Crippen molar-refractivity contribution in [1.29, 1.82) is 0 Å². The highest BCUT2D eigenvalue weighted by atomic mass is 79.9. The maximum absolute atomic E-state index is 12.8. The van der Waals surface area contributed by atoms with Gasteiger partial charge in [-0.1, -0.05) is 51.3 Å². The van der Waals surface area contributed by atoms with Gasteiger partial charge in [0.1, 0.15) is 0 Å². The molecule has 1 amide bonds. The summed E-state index contributed by atoms with van der Waals surface area (Å²) in [4.78, 5) is 12.8. The van der Waals surface area contributed by atoms with E-state index < -0.39 is 0 Å². The lowest BCUT2D eigenvalue weighted by molar-refractivity contribution is 0.0150. The molecule has 4 fully saturated rings. The van der Waals surface area contributed by atoms with E-state index in [1.165, 1.54) is 44.1 Å². The van der Waals surface area contributed by atoms with Crippen molar-refractivity contribution < 1.29 is 4.79 Å². The average Bonchev–Trinajstić information content (AvgIpc) is 2.60. The van der Waals surface area contributed by atoms with Crippen molar-refractivity contribution in [3.63, 3.8) is 0 Å². The van der Waals surface area contributed by atoms with Crippen LogP contribution in [0.25, 0.3) is 0 Å². The Balaban J connectivity index is 1.46. The lowest BCUT2D eigenvalue weighted by atomic mass is 9.48. The molecule has 4 aliphatic carbocycles. The zero-order chi connectivity index (χ0) is 20.4. The second-order valence-corrected chi connectivity index (χ2v) is 12.1. The Morgan fingerprint density at radius 1 is 1.03 bits per heavy atom. The minimum Gasteiger partial charge on any atom is -0.322 e. The van der Waals surface area contributed by atoms with E-state index in [1.807, 2.05) is 6.92 Å². The number of carbonyl (C=O) groups excluding carboxylic acids is 1. The molecule has 4 saturated carbocycles. The van der Waals surface area contributed by atoms with Crippen LogP contribution in [0.2, 0.25) is 10.0 Å². The van der Waals surface area contributed by atoms with Crippen LogP contribution in [0.4, 0.5) is 5.69 Å². The number of anilines is 1. The zero-order valence-corrected chi connectivity index (χ0v) is 19.5. The highest BCUT2D eigenvalue weighted by molar-refractivity contribution is 9.10. The lowest BCUT2D eigenvalue weighted by Gasteiger charge is -2.60. The van der Waals surface area contributed by atoms with Crippen LogP contribution in [0.3, 0.4) is 0 Å². The normalized spacial score (nSPS) is 32.4. The van der Waals surface area contributed by atoms with E-state index in [1.54, 1.807) is 18.2 Å². The fraction of sp³-hybridized carbons (Fsp3) is 0.458. The summed E-state index contributed by atoms with van der Waals surface area (Å²) < 4.78 is 0.308. The largest absolute Gasteiger partial charge is 0.322 e. The predicted molar refractivity (Wildman–Crippen MR) is 124 cm³/mol. The van der Waals surface area contributed by atoms with Gasteiger partial charge in [-0.3, -0.25) is 4.79 Å². The Morgan fingerprint density at radius 3 is 2.31 bits per heavy atom. The van der Waals surface area contributed by atoms with Gasteiger partial charge in [-0.15, -0.1) is 0 Å². The fourth-order valence-corrected chi connectivity index (χ4v) is 8.43. The third-order valence-corrected chi connectivity index (χ3v) is 8.58. The van der Waals surface area contributed by atoms with Gasteiger partial charge in [0.15, 0.2) is 0 Å². The molecule has 152 valence electrons. The van der Waals surface area contributed by atoms with Gasteiger partial charge >= 0.3 is 0 Å². The van der Waals surface area contributed by atoms with Crippen molar-refractivity contribution >= 4 is 50.7 Å². The number of hydrogen-bond donors (Lipinski definition) is 1. The first-order valence-electron chi connectivity index (χ1n) is 10.3. The molecule has 2 aromatic rings. The van der Waals surface area contributed by atoms with E-state index in [4.69, 9.17) is 23.2 Å². The van der Waals surface area contributed by atoms with Crippen LogP contribution in [0, 0.1) is 18.8 Å². The summed E-state index contributed by atoms with van der Waals surface area (Å²) in [6.07, 6.45) is 7.77. The highest BCUT2D eigenvalue weighted by Crippen LogP contribution is 2.65. The van der Waals surface area contributed by atoms with Crippen molar-refractivity contribution in [2.75, 3.05) is 5.32 Å². The quantitative estimate of drug-likeness (QED) is 0.440. The van der Waals surface area contributed by atoms with Gasteiger partial charge in [-0.05, 0) is 98.1 Å². The summed E-state index contributed by atoms with van der Waals surface area (Å²) in [6, 6.07) is 11.6. The molecule has 29 heavy (non-hydrogen) atoms. The number of carbonyl (C=O) groups is 1. The number of benzene rings is 2. The molecule has 4 bridgehead atoms. The van der Waals surface area contributed by atoms with Gasteiger partial charge in [0.2, 0.25) is 0 Å². The first-order valence-corrected chi connectivity index (χ1v) is 11.9. The van der Waals surface area contributed by atoms with Crippen LogP contribution in [0.1, 0.15) is 60.0 Å². The molecule has 0 unspecified atom stereocenters. The van der Waals surface area contributed by atoms with Gasteiger partial charge < -0.3 is 5.32 Å². The summed E-state index contributed by atoms with van der Waals surface area (Å²) in [7, 11) is 0. The fourth-order valence-electron chi connectivity index (χ4n) is 6.45. The summed E-state index contributed by atoms with van der Waals surface area (Å²) >= 11 is 16.3. The molecule has 0 saturated heterocycles. The third kappa shape index (κ3) is 3.64. The van der Waals surface area contributed by atoms with Gasteiger partial charge in [-0.25, -0.2) is 0 Å². The van der Waals surface area contributed by atoms with Crippen molar-refractivity contribution in [3.05, 3.63) is 63.1 Å². The van der Waals surface area contributed by atoms with Gasteiger partial charge in [-0.2, -0.15) is 0 Å². The molecule has 5 heteroatoms. The number of rotatable bonds is 3. The van der Waals surface area contributed by atoms with Crippen LogP contribution >= 0.6 is 39.1 Å². The predicted octanol–water partition coefficient (Wildman–Crippen LogP) is 7.54. The summed E-state index contributed by atoms with van der Waals surface area (Å²) in [5.41, 5.74) is 4.03. The van der Waals surface area contributed by atoms with Crippen molar-refractivity contribution in [2.45, 2.75) is 55.2 Å². The molecular formula is C24H24BrCl2NO. The lowest BCUT2D eigenvalue weighted by Crippen LogP contribution is -2.54. The van der Waals surface area contributed by atoms with Crippen LogP contribution < -0.4 is 5.32 Å². The minimum atomic E-state index is -0.183. The number of nitrogens with one attached hydrogen (secondary N) is 1. The van der Waals surface area contributed by atoms with Crippen LogP contribution in [-0.2, 0) is 5.41 Å². The number of alkyl halides is 1. The number of halogens is 3. The number of amides is 1. The van der Waals surface area contributed by atoms with Gasteiger partial charge in [0.25, 0.3) is 5.91 Å². The molecule has 1 N–H and O–H groups in total. The second-order valence-electron chi connectivity index (χ2n) is 9.53. The first-order chi connectivity index (χ1) is 13.7. The smallest absolute Gasteiger partial charge is 0.255 e. The molecule has 0 heterocycles. The Bertz CT molecular complexity index is 970. The second kappa shape index (κ2) is 7.00. The molecule has 0 spiro atoms. The maximum atomic E-state index is 12.8. The molecule has 0 radical (unpaired) electrons. The summed E-state index contributed by atoms with van der Waals surface area (Å²) in [6.45, 7) is 2.04. The van der Waals surface area contributed by atoms with E-state index in [0.717, 1.165) is 23.1 Å². The molecule has 0 aromatic heterocycles. The molecule has 4 aliphatic rings. The van der Waals surface area contributed by atoms with Crippen LogP contribution in [-0.4, -0.2) is 10.2 Å². The van der Waals surface area contributed by atoms with E-state index in [0.29, 0.717) is 19.9 Å². The average molecular weight is 493 g/mol. The van der Waals surface area contributed by atoms with Crippen molar-refractivity contribution in [2.24, 2.45) is 11.8 Å². The molecule has 2 aromatic carbocycles. The van der Waals surface area contributed by atoms with Gasteiger partial charge in [0, 0.05) is 25.6 Å². The van der Waals surface area contributed by atoms with E-state index in [9.17, 15) is 4.79 Å². The Morgan fingerprint density at radius 2 is 1.69 bits per heavy atom. The number of hydrogen-bond acceptors (Lipinski definition) is 1. The summed E-state index contributed by atoms with van der Waals surface area (Å²) in [5, 5.41) is 4.02. The monoisotopic (exact) mass is 491 g/mol. The van der Waals surface area contributed by atoms with E-state index in [-0.39, 0.29) is 11.3 Å². The summed E-state index contributed by atoms with van der Waals surface area (Å²) in [5.74, 6) is 1.46. The maximum Gasteiger partial charge on any atom is 0.255 e. The molecule has 6 rings (SSSR count). The SMILES string of the molecule is Cc1ccc(C23C[C@H]4C[C@@H](CC(Br)(C4)C2)C3)cc1NC(=O)c1cc(Cl)cc(Cl)c1. The molecule has 2 atom stereocenters. The zero-order valence-electron chi connectivity index (χ0n) is 16.4. The molecule has 2 nitrogen and oxygen atoms in total. The Kier molecular flexibility index (Phi) is 4.81. The topological polar surface area (TPSA) is 29.1 Å². The van der Waals surface area contributed by atoms with Crippen LogP contribution in [0.5, 0.6) is 0 Å². The Hall–Kier alpha value is -1.03. The standard InChI is InChI=1S/C24H24BrCl2NO/c1-14-2-3-18(23-9-15-4-16(10-23)12-24(25,11-15)13-23)7-21(14)28-22(29)17-5-19(26)8-20(27)6-17/h2-3,5-8,15-16H,4,9-13H2,1H3,(H,28,29)/t15-,16-,23?,24?/m1/s1. The van der Waals surface area contributed by atoms with E-state index in [2.05, 4.69) is 39.4 Å². The molecular weight excluding hydrogens is 469 g/mol. The first kappa shape index (κ1) is 19.9. The third-order valence-electron chi connectivity index (χ3n) is 7.21. The van der Waals surface area contributed by atoms with E-state index >= 15 is 0 Å². The van der Waals surface area contributed by atoms with Crippen molar-refractivity contribution in [3.8, 4) is 0 Å².